The minimum atomic E-state index is -4.07. The van der Waals surface area contributed by atoms with Crippen molar-refractivity contribution in [2.75, 3.05) is 145 Å². The van der Waals surface area contributed by atoms with Gasteiger partial charge in [0.25, 0.3) is 0 Å². The van der Waals surface area contributed by atoms with E-state index in [2.05, 4.69) is 26.5 Å². The number of carbonyl (C=O) groups is 6. The van der Waals surface area contributed by atoms with E-state index in [0.717, 1.165) is 40.1 Å². The van der Waals surface area contributed by atoms with E-state index in [0.29, 0.717) is 13.2 Å². The van der Waals surface area contributed by atoms with Crippen LogP contribution in [0, 0.1) is 12.3 Å². The van der Waals surface area contributed by atoms with Crippen LogP contribution >= 0.6 is 0 Å². The van der Waals surface area contributed by atoms with E-state index >= 15 is 0 Å². The molecular weight excluding hydrogens is 1140 g/mol. The molecule has 478 valence electrons. The van der Waals surface area contributed by atoms with Crippen molar-refractivity contribution in [1.82, 2.24) is 29.6 Å². The molecule has 0 unspecified atom stereocenters. The van der Waals surface area contributed by atoms with Crippen molar-refractivity contribution in [3.05, 3.63) is 23.7 Å². The van der Waals surface area contributed by atoms with Crippen LogP contribution in [0.2, 0.25) is 0 Å². The minimum absolute atomic E-state index is 0.0584. The summed E-state index contributed by atoms with van der Waals surface area (Å²) in [6.45, 7) is 0.650. The number of guanidine groups is 2. The first-order chi connectivity index (χ1) is 39.7. The zero-order chi connectivity index (χ0) is 63.1. The number of nitrogens with one attached hydrogen (secondary N) is 2. The molecule has 0 radical (unpaired) electrons. The standard InChI is InChI=1S/C48H82N12O23S/c1-7-14-75-17-18-77-19-20-78-21-22-79-23-24-84(73,74)60(13-16-76-15-12-59(6)48(72)83-40(34(66)28-62)42-38(54-30(3)64)32(56-46(51)52)26-36(81-42)44(69)70)11-9-57(4)8-10-58(5)47(71)82-39(33(65)27-61)41-37(53-29(2)63)31(55-45(49)50)25-35(80-41)43(67)68/h1,25-26,31-34,37-42,61-62,65-66H,8-24,27-28H2,2-6H3,(H,53,63)(H,54,64)(H,67,68)(H,69,70)(H4,49,50,55)(H4,51,52,56)/t31-,32-,33+,34+,37+,38+,39+,40+,41+,42+/m0/s1. The van der Waals surface area contributed by atoms with Crippen LogP contribution in [-0.2, 0) is 71.8 Å². The first kappa shape index (κ1) is 73.2. The van der Waals surface area contributed by atoms with E-state index in [-0.39, 0.29) is 92.1 Å². The summed E-state index contributed by atoms with van der Waals surface area (Å²) in [6, 6.07) is -5.23. The molecule has 16 N–H and O–H groups in total. The van der Waals surface area contributed by atoms with Gasteiger partial charge >= 0.3 is 24.1 Å². The quantitative estimate of drug-likeness (QED) is 0.0117. The number of carbonyl (C=O) groups excluding carboxylic acids is 4. The lowest BCUT2D eigenvalue weighted by Crippen LogP contribution is -2.61. The maximum Gasteiger partial charge on any atom is 0.410 e. The van der Waals surface area contributed by atoms with Crippen molar-refractivity contribution in [2.24, 2.45) is 32.9 Å². The SMILES string of the molecule is C#CCOCCOCCOCCOCCS(=O)(=O)N(CCOCCN(C)C(=O)O[C@@H]([C@@H]1OC(C(=O)O)=C[C@H](N=C(N)N)[C@H]1NC(C)=O)[C@H](O)CO)CCN(C)CCN(C)C(=O)O[C@@H]([C@@H]1OC(C(=O)O)=C[C@H](N=C(N)N)[C@H]1NC(C)=O)[C@H](O)CO. The van der Waals surface area contributed by atoms with Crippen LogP contribution in [0.4, 0.5) is 9.59 Å². The fourth-order valence-corrected chi connectivity index (χ4v) is 9.08. The third-order valence-electron chi connectivity index (χ3n) is 12.0. The summed E-state index contributed by atoms with van der Waals surface area (Å²) in [7, 11) is 0.157. The Hall–Kier alpha value is -6.89. The molecule has 0 aromatic carbocycles. The molecule has 10 atom stereocenters. The van der Waals surface area contributed by atoms with Gasteiger partial charge in [-0.05, 0) is 19.2 Å². The summed E-state index contributed by atoms with van der Waals surface area (Å²) in [5, 5.41) is 66.1. The van der Waals surface area contributed by atoms with Crippen LogP contribution in [0.15, 0.2) is 33.7 Å². The highest BCUT2D eigenvalue weighted by molar-refractivity contribution is 7.89. The van der Waals surface area contributed by atoms with Crippen LogP contribution < -0.4 is 33.6 Å². The fourth-order valence-electron chi connectivity index (χ4n) is 7.79. The lowest BCUT2D eigenvalue weighted by atomic mass is 9.92. The van der Waals surface area contributed by atoms with E-state index < -0.39 is 149 Å². The van der Waals surface area contributed by atoms with E-state index in [1.54, 1.807) is 11.9 Å². The van der Waals surface area contributed by atoms with Crippen LogP contribution in [0.3, 0.4) is 0 Å². The summed E-state index contributed by atoms with van der Waals surface area (Å²) < 4.78 is 78.3. The number of carboxylic acid groups (broad SMARTS) is 2. The molecule has 0 aliphatic carbocycles. The molecule has 35 nitrogen and oxygen atoms in total. The predicted molar refractivity (Wildman–Crippen MR) is 293 cm³/mol. The van der Waals surface area contributed by atoms with Gasteiger partial charge in [0.15, 0.2) is 36.3 Å². The lowest BCUT2D eigenvalue weighted by Gasteiger charge is -2.40. The molecular formula is C48H82N12O23S. The molecule has 0 fully saturated rings. The normalized spacial score (nSPS) is 20.0. The highest BCUT2D eigenvalue weighted by Gasteiger charge is 2.48. The summed E-state index contributed by atoms with van der Waals surface area (Å²) >= 11 is 0. The number of ether oxygens (including phenoxy) is 9. The molecule has 0 aromatic heterocycles. The third kappa shape index (κ3) is 26.4. The van der Waals surface area contributed by atoms with Gasteiger partial charge in [0.1, 0.15) is 18.8 Å². The van der Waals surface area contributed by atoms with Crippen molar-refractivity contribution in [3.63, 3.8) is 0 Å². The first-order valence-electron chi connectivity index (χ1n) is 26.0. The fraction of sp³-hybridized carbons (Fsp3) is 0.708. The molecule has 0 saturated carbocycles. The molecule has 0 bridgehead atoms. The lowest BCUT2D eigenvalue weighted by molar-refractivity contribution is -0.147. The van der Waals surface area contributed by atoms with Crippen LogP contribution in [0.25, 0.3) is 0 Å². The number of aliphatic carboxylic acids is 2. The number of aliphatic hydroxyl groups excluding tert-OH is 4. The van der Waals surface area contributed by atoms with Gasteiger partial charge in [-0.3, -0.25) is 9.59 Å². The van der Waals surface area contributed by atoms with Gasteiger partial charge < -0.3 is 122 Å². The Kier molecular flexibility index (Phi) is 33.2. The predicted octanol–water partition coefficient (Wildman–Crippen LogP) is -7.13. The maximum absolute atomic E-state index is 13.8. The Bertz CT molecular complexity index is 2390. The first-order valence-corrected chi connectivity index (χ1v) is 27.6. The van der Waals surface area contributed by atoms with Gasteiger partial charge in [-0.15, -0.1) is 6.42 Å². The van der Waals surface area contributed by atoms with Crippen LogP contribution in [0.1, 0.15) is 13.8 Å². The van der Waals surface area contributed by atoms with Crippen molar-refractivity contribution < 1.29 is 110 Å². The Morgan fingerprint density at radius 3 is 1.43 bits per heavy atom. The number of hydrogen-bond acceptors (Lipinski definition) is 24. The number of hydrogen-bond donors (Lipinski definition) is 12. The van der Waals surface area contributed by atoms with E-state index in [1.807, 2.05) is 0 Å². The zero-order valence-corrected chi connectivity index (χ0v) is 48.3. The molecule has 2 aliphatic rings. The number of amides is 4. The van der Waals surface area contributed by atoms with E-state index in [1.165, 1.54) is 14.1 Å². The number of sulfonamides is 1. The largest absolute Gasteiger partial charge is 0.477 e. The number of aliphatic hydroxyl groups is 4. The number of nitrogens with two attached hydrogens (primary N) is 4. The number of terminal acetylenes is 1. The maximum atomic E-state index is 13.8. The van der Waals surface area contributed by atoms with Gasteiger partial charge in [0.2, 0.25) is 33.4 Å². The summed E-state index contributed by atoms with van der Waals surface area (Å²) in [4.78, 5) is 87.1. The highest BCUT2D eigenvalue weighted by Crippen LogP contribution is 2.29. The van der Waals surface area contributed by atoms with E-state index in [9.17, 15) is 67.8 Å². The van der Waals surface area contributed by atoms with Crippen molar-refractivity contribution in [1.29, 1.82) is 0 Å². The van der Waals surface area contributed by atoms with Gasteiger partial charge in [-0.2, -0.15) is 4.31 Å². The third-order valence-corrected chi connectivity index (χ3v) is 13.9. The van der Waals surface area contributed by atoms with Crippen LogP contribution in [-0.4, -0.2) is 312 Å². The Labute approximate surface area is 485 Å². The van der Waals surface area contributed by atoms with Gasteiger partial charge in [0, 0.05) is 67.2 Å². The van der Waals surface area contributed by atoms with Crippen molar-refractivity contribution in [2.45, 2.75) is 74.6 Å². The molecule has 0 spiro atoms. The molecule has 0 aromatic rings. The van der Waals surface area contributed by atoms with Crippen molar-refractivity contribution >= 4 is 57.9 Å². The number of rotatable bonds is 40. The number of carboxylic acids is 2. The van der Waals surface area contributed by atoms with Gasteiger partial charge in [-0.1, -0.05) is 5.92 Å². The monoisotopic (exact) mass is 1230 g/mol. The summed E-state index contributed by atoms with van der Waals surface area (Å²) in [6.07, 6.45) is -5.82. The van der Waals surface area contributed by atoms with Crippen LogP contribution in [0.5, 0.6) is 0 Å². The molecule has 2 heterocycles. The summed E-state index contributed by atoms with van der Waals surface area (Å²) in [5.41, 5.74) is 22.2. The molecule has 2 rings (SSSR count). The Morgan fingerprint density at radius 1 is 0.631 bits per heavy atom. The highest BCUT2D eigenvalue weighted by atomic mass is 32.2. The number of nitrogens with zero attached hydrogens (tertiary/aromatic N) is 6. The molecule has 84 heavy (non-hydrogen) atoms. The van der Waals surface area contributed by atoms with Gasteiger partial charge in [-0.25, -0.2) is 37.6 Å². The molecule has 0 saturated heterocycles. The number of likely N-dealkylation sites (N-methyl/N-ethyl adjacent to an activating group) is 3. The average Bonchev–Trinajstić information content (AvgIpc) is 2.91. The van der Waals surface area contributed by atoms with Gasteiger partial charge in [0.05, 0.1) is 103 Å². The Balaban J connectivity index is 2.18. The Morgan fingerprint density at radius 2 is 1.02 bits per heavy atom. The smallest absolute Gasteiger partial charge is 0.410 e. The minimum Gasteiger partial charge on any atom is -0.477 e. The molecule has 36 heteroatoms. The van der Waals surface area contributed by atoms with E-state index in [4.69, 9.17) is 72.0 Å². The summed E-state index contributed by atoms with van der Waals surface area (Å²) in [5.74, 6) is -5.05. The van der Waals surface area contributed by atoms with Crippen molar-refractivity contribution in [3.8, 4) is 12.3 Å². The topological polar surface area (TPSA) is 507 Å². The number of aliphatic imine (C=N–C) groups is 2. The average molecular weight is 1230 g/mol. The second kappa shape index (κ2) is 38.1. The second-order valence-corrected chi connectivity index (χ2v) is 20.7. The molecule has 4 amide bonds. The molecule has 2 aliphatic heterocycles. The second-order valence-electron chi connectivity index (χ2n) is 18.6. The zero-order valence-electron chi connectivity index (χ0n) is 47.5.